The van der Waals surface area contributed by atoms with Crippen molar-refractivity contribution in [3.63, 3.8) is 0 Å². The summed E-state index contributed by atoms with van der Waals surface area (Å²) in [5.74, 6) is 0. The Labute approximate surface area is 178 Å². The number of hydrogen-bond acceptors (Lipinski definition) is 5. The van der Waals surface area contributed by atoms with Gasteiger partial charge in [-0.1, -0.05) is 42.0 Å². The summed E-state index contributed by atoms with van der Waals surface area (Å²) in [7, 11) is -3.44. The van der Waals surface area contributed by atoms with Gasteiger partial charge in [0, 0.05) is 57.4 Å². The number of nitrogens with one attached hydrogen (secondary N) is 1. The predicted octanol–water partition coefficient (Wildman–Crippen LogP) is 2.64. The van der Waals surface area contributed by atoms with Crippen LogP contribution in [-0.4, -0.2) is 62.5 Å². The van der Waals surface area contributed by atoms with Crippen LogP contribution in [0.2, 0.25) is 0 Å². The smallest absolute Gasteiger partial charge is 0.240 e. The Balaban J connectivity index is 1.25. The second-order valence-corrected chi connectivity index (χ2v) is 9.59. The molecule has 2 heterocycles. The van der Waals surface area contributed by atoms with Crippen molar-refractivity contribution >= 4 is 20.9 Å². The van der Waals surface area contributed by atoms with Crippen LogP contribution in [0.15, 0.2) is 65.7 Å². The van der Waals surface area contributed by atoms with E-state index in [0.717, 1.165) is 50.3 Å². The Morgan fingerprint density at radius 1 is 0.933 bits per heavy atom. The first-order valence-corrected chi connectivity index (χ1v) is 11.8. The lowest BCUT2D eigenvalue weighted by Crippen LogP contribution is -2.48. The molecule has 0 unspecified atom stereocenters. The zero-order valence-corrected chi connectivity index (χ0v) is 18.1. The third kappa shape index (κ3) is 5.05. The molecule has 158 valence electrons. The van der Waals surface area contributed by atoms with E-state index in [-0.39, 0.29) is 0 Å². The number of nitrogens with zero attached hydrogens (tertiary/aromatic N) is 3. The molecule has 0 atom stereocenters. The van der Waals surface area contributed by atoms with Gasteiger partial charge in [0.05, 0.1) is 10.4 Å². The SMILES string of the molecule is Cc1ccc(S(=O)(=O)NCCN2CCN(Cc3cccc4cccnc34)CC2)cc1. The predicted molar refractivity (Wildman–Crippen MR) is 120 cm³/mol. The molecule has 30 heavy (non-hydrogen) atoms. The van der Waals surface area contributed by atoms with Crippen LogP contribution in [0.25, 0.3) is 10.9 Å². The molecule has 0 radical (unpaired) electrons. The third-order valence-electron chi connectivity index (χ3n) is 5.63. The molecule has 1 N–H and O–H groups in total. The number of hydrogen-bond donors (Lipinski definition) is 1. The van der Waals surface area contributed by atoms with Crippen LogP contribution in [0.4, 0.5) is 0 Å². The fourth-order valence-corrected chi connectivity index (χ4v) is 4.87. The lowest BCUT2D eigenvalue weighted by atomic mass is 10.1. The average Bonchev–Trinajstić information content (AvgIpc) is 2.75. The Morgan fingerprint density at radius 2 is 1.63 bits per heavy atom. The minimum absolute atomic E-state index is 0.321. The summed E-state index contributed by atoms with van der Waals surface area (Å²) in [6.45, 7) is 7.78. The molecule has 0 aliphatic carbocycles. The number of rotatable bonds is 7. The number of benzene rings is 2. The van der Waals surface area contributed by atoms with E-state index in [1.807, 2.05) is 31.3 Å². The molecule has 4 rings (SSSR count). The van der Waals surface area contributed by atoms with Gasteiger partial charge in [0.15, 0.2) is 0 Å². The van der Waals surface area contributed by atoms with Gasteiger partial charge in [-0.3, -0.25) is 14.8 Å². The molecule has 0 saturated carbocycles. The van der Waals surface area contributed by atoms with Crippen molar-refractivity contribution in [2.45, 2.75) is 18.4 Å². The van der Waals surface area contributed by atoms with Gasteiger partial charge in [0.25, 0.3) is 0 Å². The fraction of sp³-hybridized carbons (Fsp3) is 0.348. The van der Waals surface area contributed by atoms with E-state index in [2.05, 4.69) is 43.8 Å². The van der Waals surface area contributed by atoms with Gasteiger partial charge < -0.3 is 0 Å². The van der Waals surface area contributed by atoms with Crippen LogP contribution in [0.1, 0.15) is 11.1 Å². The highest BCUT2D eigenvalue weighted by Crippen LogP contribution is 2.18. The zero-order valence-electron chi connectivity index (χ0n) is 17.3. The molecular formula is C23H28N4O2S. The van der Waals surface area contributed by atoms with E-state index < -0.39 is 10.0 Å². The zero-order chi connectivity index (χ0) is 21.0. The number of pyridine rings is 1. The lowest BCUT2D eigenvalue weighted by molar-refractivity contribution is 0.129. The molecule has 3 aromatic rings. The average molecular weight is 425 g/mol. The number of aryl methyl sites for hydroxylation is 1. The van der Waals surface area contributed by atoms with Gasteiger partial charge in [-0.2, -0.15) is 0 Å². The van der Waals surface area contributed by atoms with Gasteiger partial charge in [-0.05, 0) is 30.7 Å². The first kappa shape index (κ1) is 20.9. The second kappa shape index (κ2) is 9.22. The maximum Gasteiger partial charge on any atom is 0.240 e. The monoisotopic (exact) mass is 424 g/mol. The van der Waals surface area contributed by atoms with E-state index >= 15 is 0 Å². The summed E-state index contributed by atoms with van der Waals surface area (Å²) in [5, 5.41) is 1.18. The van der Waals surface area contributed by atoms with Gasteiger partial charge >= 0.3 is 0 Å². The maximum absolute atomic E-state index is 12.4. The van der Waals surface area contributed by atoms with Crippen LogP contribution >= 0.6 is 0 Å². The minimum atomic E-state index is -3.44. The maximum atomic E-state index is 12.4. The van der Waals surface area contributed by atoms with Crippen LogP contribution in [-0.2, 0) is 16.6 Å². The molecule has 0 amide bonds. The number of aromatic nitrogens is 1. The Kier molecular flexibility index (Phi) is 6.43. The molecule has 1 aliphatic heterocycles. The summed E-state index contributed by atoms with van der Waals surface area (Å²) in [4.78, 5) is 9.63. The molecular weight excluding hydrogens is 396 g/mol. The summed E-state index contributed by atoms with van der Waals surface area (Å²) in [5.41, 5.74) is 3.38. The van der Waals surface area contributed by atoms with Crippen LogP contribution in [0.3, 0.4) is 0 Å². The quantitative estimate of drug-likeness (QED) is 0.632. The van der Waals surface area contributed by atoms with Crippen molar-refractivity contribution in [2.75, 3.05) is 39.3 Å². The van der Waals surface area contributed by atoms with Gasteiger partial charge in [-0.15, -0.1) is 0 Å². The van der Waals surface area contributed by atoms with E-state index in [1.165, 1.54) is 10.9 Å². The molecule has 1 fully saturated rings. The molecule has 0 bridgehead atoms. The summed E-state index contributed by atoms with van der Waals surface area (Å²) in [6.07, 6.45) is 1.85. The molecule has 1 saturated heterocycles. The largest absolute Gasteiger partial charge is 0.299 e. The summed E-state index contributed by atoms with van der Waals surface area (Å²) in [6, 6.07) is 17.4. The number of para-hydroxylation sites is 1. The van der Waals surface area contributed by atoms with E-state index in [0.29, 0.717) is 11.4 Å². The number of piperazine rings is 1. The molecule has 7 heteroatoms. The highest BCUT2D eigenvalue weighted by Gasteiger charge is 2.19. The molecule has 1 aliphatic rings. The Morgan fingerprint density at radius 3 is 2.40 bits per heavy atom. The Bertz CT molecular complexity index is 1090. The number of fused-ring (bicyclic) bond motifs is 1. The highest BCUT2D eigenvalue weighted by atomic mass is 32.2. The van der Waals surface area contributed by atoms with E-state index in [4.69, 9.17) is 0 Å². The van der Waals surface area contributed by atoms with Crippen molar-refractivity contribution in [3.8, 4) is 0 Å². The van der Waals surface area contributed by atoms with E-state index in [1.54, 1.807) is 12.1 Å². The first-order chi connectivity index (χ1) is 14.5. The third-order valence-corrected chi connectivity index (χ3v) is 7.10. The summed E-state index contributed by atoms with van der Waals surface area (Å²) >= 11 is 0. The van der Waals surface area contributed by atoms with Gasteiger partial charge in [0.1, 0.15) is 0 Å². The molecule has 1 aromatic heterocycles. The normalized spacial score (nSPS) is 16.2. The van der Waals surface area contributed by atoms with Crippen molar-refractivity contribution < 1.29 is 8.42 Å². The minimum Gasteiger partial charge on any atom is -0.299 e. The van der Waals surface area contributed by atoms with Crippen LogP contribution < -0.4 is 4.72 Å². The van der Waals surface area contributed by atoms with Crippen LogP contribution in [0, 0.1) is 6.92 Å². The topological polar surface area (TPSA) is 65.5 Å². The highest BCUT2D eigenvalue weighted by molar-refractivity contribution is 7.89. The van der Waals surface area contributed by atoms with E-state index in [9.17, 15) is 8.42 Å². The molecule has 6 nitrogen and oxygen atoms in total. The Hall–Kier alpha value is -2.32. The van der Waals surface area contributed by atoms with Crippen molar-refractivity contribution in [2.24, 2.45) is 0 Å². The van der Waals surface area contributed by atoms with Gasteiger partial charge in [0.2, 0.25) is 10.0 Å². The van der Waals surface area contributed by atoms with Crippen molar-refractivity contribution in [1.82, 2.24) is 19.5 Å². The summed E-state index contributed by atoms with van der Waals surface area (Å²) < 4.78 is 27.5. The van der Waals surface area contributed by atoms with Crippen LogP contribution in [0.5, 0.6) is 0 Å². The number of sulfonamides is 1. The standard InChI is InChI=1S/C23H28N4O2S/c1-19-7-9-22(10-8-19)30(28,29)25-12-13-26-14-16-27(17-15-26)18-21-5-2-4-20-6-3-11-24-23(20)21/h2-11,25H,12-18H2,1H3. The van der Waals surface area contributed by atoms with Crippen molar-refractivity contribution in [1.29, 1.82) is 0 Å². The van der Waals surface area contributed by atoms with Gasteiger partial charge in [-0.25, -0.2) is 13.1 Å². The molecule has 0 spiro atoms. The van der Waals surface area contributed by atoms with Crippen molar-refractivity contribution in [3.05, 3.63) is 71.9 Å². The first-order valence-electron chi connectivity index (χ1n) is 10.3. The second-order valence-electron chi connectivity index (χ2n) is 7.82. The lowest BCUT2D eigenvalue weighted by Gasteiger charge is -2.34. The molecule has 2 aromatic carbocycles. The fourth-order valence-electron chi connectivity index (χ4n) is 3.85.